The van der Waals surface area contributed by atoms with Crippen LogP contribution >= 0.6 is 27.3 Å². The van der Waals surface area contributed by atoms with Crippen LogP contribution in [0.1, 0.15) is 21.6 Å². The maximum atomic E-state index is 12.5. The first kappa shape index (κ1) is 18.4. The van der Waals surface area contributed by atoms with E-state index in [-0.39, 0.29) is 5.91 Å². The Balaban J connectivity index is 1.74. The monoisotopic (exact) mass is 432 g/mol. The second-order valence-electron chi connectivity index (χ2n) is 5.55. The molecule has 0 bridgehead atoms. The first-order valence-corrected chi connectivity index (χ1v) is 9.56. The van der Waals surface area contributed by atoms with Gasteiger partial charge in [0.15, 0.2) is 11.5 Å². The summed E-state index contributed by atoms with van der Waals surface area (Å²) in [6.07, 6.45) is 0. The second-order valence-corrected chi connectivity index (χ2v) is 7.18. The summed E-state index contributed by atoms with van der Waals surface area (Å²) in [5.74, 6) is 0.858. The van der Waals surface area contributed by atoms with Crippen molar-refractivity contribution in [2.75, 3.05) is 12.4 Å². The fourth-order valence-corrected chi connectivity index (χ4v) is 3.37. The molecule has 1 amide bonds. The Morgan fingerprint density at radius 2 is 2.08 bits per heavy atom. The molecule has 5 nitrogen and oxygen atoms in total. The Morgan fingerprint density at radius 3 is 2.77 bits per heavy atom. The van der Waals surface area contributed by atoms with E-state index in [2.05, 4.69) is 26.2 Å². The number of aryl methyl sites for hydroxylation is 1. The number of nitrogens with one attached hydrogen (secondary N) is 1. The van der Waals surface area contributed by atoms with Crippen molar-refractivity contribution >= 4 is 38.9 Å². The number of nitrogens with zero attached hydrogens (tertiary/aromatic N) is 1. The van der Waals surface area contributed by atoms with Crippen molar-refractivity contribution in [1.82, 2.24) is 4.98 Å². The first-order chi connectivity index (χ1) is 12.6. The van der Waals surface area contributed by atoms with Crippen LogP contribution in [0.3, 0.4) is 0 Å². The van der Waals surface area contributed by atoms with Gasteiger partial charge in [-0.2, -0.15) is 0 Å². The molecule has 0 aliphatic carbocycles. The minimum atomic E-state index is -0.209. The average molecular weight is 433 g/mol. The number of methoxy groups -OCH3 is 1. The Kier molecular flexibility index (Phi) is 5.90. The highest BCUT2D eigenvalue weighted by Gasteiger charge is 2.13. The number of hydrogen-bond acceptors (Lipinski definition) is 5. The Bertz CT molecular complexity index is 913. The Labute approximate surface area is 164 Å². The zero-order chi connectivity index (χ0) is 18.5. The lowest BCUT2D eigenvalue weighted by molar-refractivity contribution is 0.102. The molecule has 0 atom stereocenters. The number of amides is 1. The van der Waals surface area contributed by atoms with E-state index >= 15 is 0 Å². The molecule has 3 rings (SSSR count). The minimum absolute atomic E-state index is 0.209. The second kappa shape index (κ2) is 8.33. The SMILES string of the molecule is COc1cc(C(=O)Nc2ccc(Br)cc2C)ccc1OCc1cscn1. The summed E-state index contributed by atoms with van der Waals surface area (Å²) in [6.45, 7) is 2.29. The fraction of sp³-hybridized carbons (Fsp3) is 0.158. The van der Waals surface area contributed by atoms with Crippen LogP contribution in [-0.2, 0) is 6.61 Å². The van der Waals surface area contributed by atoms with Gasteiger partial charge in [-0.05, 0) is 48.9 Å². The quantitative estimate of drug-likeness (QED) is 0.591. The van der Waals surface area contributed by atoms with Crippen LogP contribution < -0.4 is 14.8 Å². The molecule has 0 fully saturated rings. The molecule has 1 aromatic heterocycles. The summed E-state index contributed by atoms with van der Waals surface area (Å²) in [5.41, 5.74) is 4.84. The molecule has 0 saturated carbocycles. The minimum Gasteiger partial charge on any atom is -0.493 e. The molecule has 0 saturated heterocycles. The number of ether oxygens (including phenoxy) is 2. The highest BCUT2D eigenvalue weighted by atomic mass is 79.9. The summed E-state index contributed by atoms with van der Waals surface area (Å²) in [4.78, 5) is 16.7. The highest BCUT2D eigenvalue weighted by Crippen LogP contribution is 2.29. The number of rotatable bonds is 6. The third-order valence-corrected chi connectivity index (χ3v) is 4.85. The largest absolute Gasteiger partial charge is 0.493 e. The van der Waals surface area contributed by atoms with Crippen LogP contribution in [0.2, 0.25) is 0 Å². The molecule has 0 spiro atoms. The lowest BCUT2D eigenvalue weighted by Crippen LogP contribution is -2.13. The standard InChI is InChI=1S/C19H17BrN2O3S/c1-12-7-14(20)4-5-16(12)22-19(23)13-3-6-17(18(8-13)24-2)25-9-15-10-26-11-21-15/h3-8,10-11H,9H2,1-2H3,(H,22,23). The molecular weight excluding hydrogens is 416 g/mol. The zero-order valence-electron chi connectivity index (χ0n) is 14.3. The van der Waals surface area contributed by atoms with Crippen LogP contribution in [0.5, 0.6) is 11.5 Å². The zero-order valence-corrected chi connectivity index (χ0v) is 16.7. The molecule has 0 unspecified atom stereocenters. The average Bonchev–Trinajstić information content (AvgIpc) is 3.15. The number of carbonyl (C=O) groups is 1. The van der Waals surface area contributed by atoms with Crippen molar-refractivity contribution in [3.05, 3.63) is 68.6 Å². The Hall–Kier alpha value is -2.38. The van der Waals surface area contributed by atoms with Gasteiger partial charge >= 0.3 is 0 Å². The number of aromatic nitrogens is 1. The van der Waals surface area contributed by atoms with E-state index < -0.39 is 0 Å². The predicted molar refractivity (Wildman–Crippen MR) is 106 cm³/mol. The summed E-state index contributed by atoms with van der Waals surface area (Å²) in [7, 11) is 1.55. The molecule has 2 aromatic carbocycles. The van der Waals surface area contributed by atoms with Gasteiger partial charge in [0.1, 0.15) is 6.61 Å². The number of benzene rings is 2. The Morgan fingerprint density at radius 1 is 1.23 bits per heavy atom. The molecule has 134 valence electrons. The predicted octanol–water partition coefficient (Wildman–Crippen LogP) is 5.05. The van der Waals surface area contributed by atoms with Crippen LogP contribution in [-0.4, -0.2) is 18.0 Å². The van der Waals surface area contributed by atoms with Gasteiger partial charge < -0.3 is 14.8 Å². The number of anilines is 1. The van der Waals surface area contributed by atoms with Gasteiger partial charge in [-0.3, -0.25) is 4.79 Å². The molecule has 0 aliphatic rings. The van der Waals surface area contributed by atoms with Crippen LogP contribution in [0.4, 0.5) is 5.69 Å². The summed E-state index contributed by atoms with van der Waals surface area (Å²) >= 11 is 4.93. The first-order valence-electron chi connectivity index (χ1n) is 7.82. The van der Waals surface area contributed by atoms with E-state index in [0.29, 0.717) is 23.7 Å². The van der Waals surface area contributed by atoms with Gasteiger partial charge in [0, 0.05) is 21.1 Å². The van der Waals surface area contributed by atoms with E-state index in [1.54, 1.807) is 30.8 Å². The third-order valence-electron chi connectivity index (χ3n) is 3.72. The molecule has 3 aromatic rings. The third kappa shape index (κ3) is 4.42. The van der Waals surface area contributed by atoms with E-state index in [1.807, 2.05) is 30.5 Å². The van der Waals surface area contributed by atoms with Crippen molar-refractivity contribution in [1.29, 1.82) is 0 Å². The number of halogens is 1. The van der Waals surface area contributed by atoms with Gasteiger partial charge in [0.2, 0.25) is 0 Å². The number of carbonyl (C=O) groups excluding carboxylic acids is 1. The lowest BCUT2D eigenvalue weighted by atomic mass is 10.1. The fourth-order valence-electron chi connectivity index (χ4n) is 2.35. The van der Waals surface area contributed by atoms with Crippen molar-refractivity contribution < 1.29 is 14.3 Å². The molecule has 26 heavy (non-hydrogen) atoms. The van der Waals surface area contributed by atoms with Gasteiger partial charge in [-0.25, -0.2) is 4.98 Å². The van der Waals surface area contributed by atoms with Crippen LogP contribution in [0.15, 0.2) is 51.8 Å². The van der Waals surface area contributed by atoms with E-state index in [1.165, 1.54) is 11.3 Å². The maximum absolute atomic E-state index is 12.5. The van der Waals surface area contributed by atoms with Gasteiger partial charge in [0.05, 0.1) is 18.3 Å². The topological polar surface area (TPSA) is 60.5 Å². The maximum Gasteiger partial charge on any atom is 0.255 e. The molecule has 0 radical (unpaired) electrons. The van der Waals surface area contributed by atoms with Gasteiger partial charge in [0.25, 0.3) is 5.91 Å². The molecule has 1 N–H and O–H groups in total. The summed E-state index contributed by atoms with van der Waals surface area (Å²) < 4.78 is 12.1. The van der Waals surface area contributed by atoms with Gasteiger partial charge in [-0.1, -0.05) is 15.9 Å². The molecule has 1 heterocycles. The molecular formula is C19H17BrN2O3S. The van der Waals surface area contributed by atoms with Crippen molar-refractivity contribution in [2.45, 2.75) is 13.5 Å². The molecule has 0 aliphatic heterocycles. The van der Waals surface area contributed by atoms with Crippen LogP contribution in [0, 0.1) is 6.92 Å². The van der Waals surface area contributed by atoms with E-state index in [4.69, 9.17) is 9.47 Å². The van der Waals surface area contributed by atoms with E-state index in [9.17, 15) is 4.79 Å². The normalized spacial score (nSPS) is 10.4. The van der Waals surface area contributed by atoms with Crippen molar-refractivity contribution in [3.8, 4) is 11.5 Å². The van der Waals surface area contributed by atoms with Crippen molar-refractivity contribution in [2.24, 2.45) is 0 Å². The smallest absolute Gasteiger partial charge is 0.255 e. The summed E-state index contributed by atoms with van der Waals surface area (Å²) in [5, 5.41) is 4.84. The van der Waals surface area contributed by atoms with Crippen molar-refractivity contribution in [3.63, 3.8) is 0 Å². The van der Waals surface area contributed by atoms with E-state index in [0.717, 1.165) is 21.4 Å². The number of thiazole rings is 1. The highest BCUT2D eigenvalue weighted by molar-refractivity contribution is 9.10. The van der Waals surface area contributed by atoms with Crippen LogP contribution in [0.25, 0.3) is 0 Å². The molecule has 7 heteroatoms. The number of hydrogen-bond donors (Lipinski definition) is 1. The lowest BCUT2D eigenvalue weighted by Gasteiger charge is -2.12. The summed E-state index contributed by atoms with van der Waals surface area (Å²) in [6, 6.07) is 10.8. The van der Waals surface area contributed by atoms with Gasteiger partial charge in [-0.15, -0.1) is 11.3 Å².